The maximum Gasteiger partial charge on any atom is 0.321 e. The number of aryl methyl sites for hydroxylation is 1. The maximum atomic E-state index is 12.0. The minimum atomic E-state index is -0.586. The van der Waals surface area contributed by atoms with E-state index in [0.29, 0.717) is 13.2 Å². The fourth-order valence-corrected chi connectivity index (χ4v) is 2.36. The molecule has 1 aromatic rings. The molecule has 1 aromatic carbocycles. The van der Waals surface area contributed by atoms with E-state index in [0.717, 1.165) is 5.56 Å². The van der Waals surface area contributed by atoms with Crippen LogP contribution in [0.4, 0.5) is 0 Å². The molecule has 1 fully saturated rings. The predicted octanol–water partition coefficient (Wildman–Crippen LogP) is 2.05. The van der Waals surface area contributed by atoms with Crippen LogP contribution in [0.3, 0.4) is 0 Å². The number of carbonyl (C=O) groups excluding carboxylic acids is 1. The summed E-state index contributed by atoms with van der Waals surface area (Å²) in [6.45, 7) is 7.06. The number of esters is 1. The van der Waals surface area contributed by atoms with E-state index in [1.807, 2.05) is 6.07 Å². The number of ether oxygens (including phenoxy) is 2. The molecule has 0 unspecified atom stereocenters. The van der Waals surface area contributed by atoms with Crippen LogP contribution in [0.1, 0.15) is 22.3 Å². The number of benzene rings is 1. The standard InChI is InChI=1S/C14H18O3/c1-9-5-6-12(11(3)10(9)2)14(7-17-8-14)13(15)16-4/h5-6H,7-8H2,1-4H3. The van der Waals surface area contributed by atoms with Crippen molar-refractivity contribution in [3.63, 3.8) is 0 Å². The quantitative estimate of drug-likeness (QED) is 0.735. The second-order valence-electron chi connectivity index (χ2n) is 4.75. The molecule has 0 N–H and O–H groups in total. The van der Waals surface area contributed by atoms with Gasteiger partial charge in [-0.3, -0.25) is 4.79 Å². The van der Waals surface area contributed by atoms with E-state index in [-0.39, 0.29) is 5.97 Å². The van der Waals surface area contributed by atoms with Crippen LogP contribution in [0.5, 0.6) is 0 Å². The van der Waals surface area contributed by atoms with Gasteiger partial charge in [0.15, 0.2) is 0 Å². The van der Waals surface area contributed by atoms with Crippen molar-refractivity contribution in [2.24, 2.45) is 0 Å². The molecule has 92 valence electrons. The van der Waals surface area contributed by atoms with Crippen molar-refractivity contribution in [2.75, 3.05) is 20.3 Å². The predicted molar refractivity (Wildman–Crippen MR) is 65.2 cm³/mol. The van der Waals surface area contributed by atoms with Gasteiger partial charge in [0.2, 0.25) is 0 Å². The van der Waals surface area contributed by atoms with Crippen molar-refractivity contribution in [3.8, 4) is 0 Å². The molecule has 0 spiro atoms. The van der Waals surface area contributed by atoms with Crippen LogP contribution in [0.25, 0.3) is 0 Å². The Morgan fingerprint density at radius 2 is 1.88 bits per heavy atom. The third kappa shape index (κ3) is 1.65. The first kappa shape index (κ1) is 12.1. The third-order valence-corrected chi connectivity index (χ3v) is 3.85. The largest absolute Gasteiger partial charge is 0.468 e. The topological polar surface area (TPSA) is 35.5 Å². The van der Waals surface area contributed by atoms with Crippen molar-refractivity contribution in [1.82, 2.24) is 0 Å². The van der Waals surface area contributed by atoms with Gasteiger partial charge in [0.25, 0.3) is 0 Å². The van der Waals surface area contributed by atoms with Gasteiger partial charge in [-0.1, -0.05) is 12.1 Å². The highest BCUT2D eigenvalue weighted by molar-refractivity contribution is 5.85. The summed E-state index contributed by atoms with van der Waals surface area (Å²) in [5.74, 6) is -0.199. The second kappa shape index (κ2) is 4.15. The van der Waals surface area contributed by atoms with Gasteiger partial charge in [0, 0.05) is 0 Å². The van der Waals surface area contributed by atoms with Crippen LogP contribution in [-0.4, -0.2) is 26.3 Å². The van der Waals surface area contributed by atoms with E-state index < -0.39 is 5.41 Å². The zero-order valence-electron chi connectivity index (χ0n) is 10.8. The summed E-state index contributed by atoms with van der Waals surface area (Å²) in [6, 6.07) is 4.08. The van der Waals surface area contributed by atoms with Crippen LogP contribution < -0.4 is 0 Å². The number of hydrogen-bond acceptors (Lipinski definition) is 3. The molecule has 1 aliphatic heterocycles. The van der Waals surface area contributed by atoms with Crippen LogP contribution >= 0.6 is 0 Å². The van der Waals surface area contributed by atoms with Gasteiger partial charge in [-0.15, -0.1) is 0 Å². The first-order chi connectivity index (χ1) is 8.03. The van der Waals surface area contributed by atoms with Crippen molar-refractivity contribution in [3.05, 3.63) is 34.4 Å². The summed E-state index contributed by atoms with van der Waals surface area (Å²) < 4.78 is 10.2. The molecule has 3 heteroatoms. The lowest BCUT2D eigenvalue weighted by atomic mass is 9.75. The molecule has 0 radical (unpaired) electrons. The first-order valence-corrected chi connectivity index (χ1v) is 5.76. The van der Waals surface area contributed by atoms with Crippen molar-refractivity contribution in [2.45, 2.75) is 26.2 Å². The van der Waals surface area contributed by atoms with Gasteiger partial charge in [-0.05, 0) is 43.0 Å². The van der Waals surface area contributed by atoms with Gasteiger partial charge in [0.1, 0.15) is 5.41 Å². The first-order valence-electron chi connectivity index (χ1n) is 5.76. The SMILES string of the molecule is COC(=O)C1(c2ccc(C)c(C)c2C)COC1. The van der Waals surface area contributed by atoms with Gasteiger partial charge < -0.3 is 9.47 Å². The molecule has 2 rings (SSSR count). The number of carbonyl (C=O) groups is 1. The van der Waals surface area contributed by atoms with E-state index in [4.69, 9.17) is 9.47 Å². The summed E-state index contributed by atoms with van der Waals surface area (Å²) in [4.78, 5) is 12.0. The second-order valence-corrected chi connectivity index (χ2v) is 4.75. The highest BCUT2D eigenvalue weighted by Gasteiger charge is 2.49. The molecule has 17 heavy (non-hydrogen) atoms. The van der Waals surface area contributed by atoms with E-state index in [1.54, 1.807) is 0 Å². The van der Waals surface area contributed by atoms with E-state index in [2.05, 4.69) is 26.8 Å². The Balaban J connectivity index is 2.52. The average molecular weight is 234 g/mol. The highest BCUT2D eigenvalue weighted by atomic mass is 16.5. The summed E-state index contributed by atoms with van der Waals surface area (Å²) in [5.41, 5.74) is 4.10. The van der Waals surface area contributed by atoms with Gasteiger partial charge in [-0.25, -0.2) is 0 Å². The minimum Gasteiger partial charge on any atom is -0.468 e. The zero-order valence-corrected chi connectivity index (χ0v) is 10.8. The molecule has 0 atom stereocenters. The monoisotopic (exact) mass is 234 g/mol. The fraction of sp³-hybridized carbons (Fsp3) is 0.500. The number of rotatable bonds is 2. The van der Waals surface area contributed by atoms with Crippen LogP contribution in [0, 0.1) is 20.8 Å². The Morgan fingerprint density at radius 1 is 1.24 bits per heavy atom. The average Bonchev–Trinajstić information content (AvgIpc) is 2.27. The Labute approximate surface area is 102 Å². The molecule has 1 heterocycles. The Hall–Kier alpha value is -1.35. The lowest BCUT2D eigenvalue weighted by molar-refractivity contribution is -0.166. The third-order valence-electron chi connectivity index (χ3n) is 3.85. The number of hydrogen-bond donors (Lipinski definition) is 0. The molecular formula is C14H18O3. The van der Waals surface area contributed by atoms with Crippen LogP contribution in [-0.2, 0) is 19.7 Å². The highest BCUT2D eigenvalue weighted by Crippen LogP contribution is 2.37. The van der Waals surface area contributed by atoms with Crippen LogP contribution in [0.2, 0.25) is 0 Å². The summed E-state index contributed by atoms with van der Waals surface area (Å²) >= 11 is 0. The molecule has 0 aliphatic carbocycles. The van der Waals surface area contributed by atoms with Crippen molar-refractivity contribution < 1.29 is 14.3 Å². The Bertz CT molecular complexity index is 459. The lowest BCUT2D eigenvalue weighted by Gasteiger charge is -2.40. The van der Waals surface area contributed by atoms with E-state index in [9.17, 15) is 4.79 Å². The summed E-state index contributed by atoms with van der Waals surface area (Å²) in [5, 5.41) is 0. The molecule has 1 saturated heterocycles. The van der Waals surface area contributed by atoms with Gasteiger partial charge >= 0.3 is 5.97 Å². The molecule has 0 amide bonds. The molecule has 3 nitrogen and oxygen atoms in total. The lowest BCUT2D eigenvalue weighted by Crippen LogP contribution is -2.54. The molecule has 0 saturated carbocycles. The smallest absolute Gasteiger partial charge is 0.321 e. The molecular weight excluding hydrogens is 216 g/mol. The Morgan fingerprint density at radius 3 is 2.35 bits per heavy atom. The molecule has 0 aromatic heterocycles. The maximum absolute atomic E-state index is 12.0. The summed E-state index contributed by atoms with van der Waals surface area (Å²) in [7, 11) is 1.43. The zero-order chi connectivity index (χ0) is 12.6. The van der Waals surface area contributed by atoms with Gasteiger partial charge in [-0.2, -0.15) is 0 Å². The number of methoxy groups -OCH3 is 1. The van der Waals surface area contributed by atoms with Crippen LogP contribution in [0.15, 0.2) is 12.1 Å². The van der Waals surface area contributed by atoms with Gasteiger partial charge in [0.05, 0.1) is 20.3 Å². The molecule has 1 aliphatic rings. The summed E-state index contributed by atoms with van der Waals surface area (Å²) in [6.07, 6.45) is 0. The minimum absolute atomic E-state index is 0.199. The molecule has 0 bridgehead atoms. The van der Waals surface area contributed by atoms with Crippen molar-refractivity contribution in [1.29, 1.82) is 0 Å². The normalized spacial score (nSPS) is 17.4. The van der Waals surface area contributed by atoms with E-state index >= 15 is 0 Å². The van der Waals surface area contributed by atoms with E-state index in [1.165, 1.54) is 23.8 Å². The van der Waals surface area contributed by atoms with Crippen molar-refractivity contribution >= 4 is 5.97 Å². The fourth-order valence-electron chi connectivity index (χ4n) is 2.36. The Kier molecular flexibility index (Phi) is 2.96.